The predicted molar refractivity (Wildman–Crippen MR) is 46.6 cm³/mol. The maximum Gasteiger partial charge on any atom is 0.301 e. The van der Waals surface area contributed by atoms with Gasteiger partial charge in [0.2, 0.25) is 0 Å². The Morgan fingerprint density at radius 3 is 2.20 bits per heavy atom. The molecule has 0 aliphatic heterocycles. The molecule has 60 valence electrons. The quantitative estimate of drug-likeness (QED) is 0.548. The van der Waals surface area contributed by atoms with Crippen LogP contribution < -0.4 is 0 Å². The van der Waals surface area contributed by atoms with Gasteiger partial charge >= 0.3 is 6.08 Å². The minimum absolute atomic E-state index is 0.112. The van der Waals surface area contributed by atoms with Crippen LogP contribution in [-0.4, -0.2) is 9.25 Å². The first kappa shape index (κ1) is 10.7. The highest BCUT2D eigenvalue weighted by molar-refractivity contribution is 14.1. The summed E-state index contributed by atoms with van der Waals surface area (Å²) < 4.78 is 34.8. The molecule has 0 heterocycles. The highest BCUT2D eigenvalue weighted by Crippen LogP contribution is 2.20. The van der Waals surface area contributed by atoms with Crippen molar-refractivity contribution in [2.75, 3.05) is 5.33 Å². The third-order valence-electron chi connectivity index (χ3n) is 0.773. The van der Waals surface area contributed by atoms with E-state index in [2.05, 4.69) is 15.9 Å². The van der Waals surface area contributed by atoms with Crippen molar-refractivity contribution in [3.63, 3.8) is 0 Å². The van der Waals surface area contributed by atoms with Crippen molar-refractivity contribution in [3.8, 4) is 0 Å². The Balaban J connectivity index is 3.79. The Bertz CT molecular complexity index is 133. The minimum atomic E-state index is -2.21. The first-order valence-electron chi connectivity index (χ1n) is 2.47. The van der Waals surface area contributed by atoms with Gasteiger partial charge in [0, 0.05) is 15.7 Å². The van der Waals surface area contributed by atoms with Crippen LogP contribution >= 0.6 is 38.5 Å². The van der Waals surface area contributed by atoms with Gasteiger partial charge in [0.15, 0.2) is 5.83 Å². The van der Waals surface area contributed by atoms with Crippen molar-refractivity contribution in [2.45, 2.75) is 10.3 Å². The van der Waals surface area contributed by atoms with Crippen LogP contribution in [0, 0.1) is 0 Å². The van der Waals surface area contributed by atoms with Crippen LogP contribution in [-0.2, 0) is 0 Å². The minimum Gasteiger partial charge on any atom is -0.206 e. The highest BCUT2D eigenvalue weighted by Gasteiger charge is 2.10. The fraction of sp³-hybridized carbons (Fsp3) is 0.600. The van der Waals surface area contributed by atoms with E-state index >= 15 is 0 Å². The molecule has 0 rings (SSSR count). The van der Waals surface area contributed by atoms with E-state index in [0.717, 1.165) is 0 Å². The number of allylic oxidation sites excluding steroid dienone is 1. The van der Waals surface area contributed by atoms with E-state index in [0.29, 0.717) is 5.33 Å². The van der Waals surface area contributed by atoms with Gasteiger partial charge in [-0.1, -0.05) is 38.5 Å². The molecule has 0 amide bonds. The normalized spacial score (nSPS) is 12.9. The van der Waals surface area contributed by atoms with E-state index in [-0.39, 0.29) is 10.3 Å². The molecule has 0 N–H and O–H groups in total. The van der Waals surface area contributed by atoms with E-state index in [1.165, 1.54) is 0 Å². The molecule has 0 saturated heterocycles. The molecule has 0 aliphatic carbocycles. The predicted octanol–water partition coefficient (Wildman–Crippen LogP) is 3.65. The second kappa shape index (κ2) is 5.40. The third kappa shape index (κ3) is 4.54. The van der Waals surface area contributed by atoms with Gasteiger partial charge in [-0.3, -0.25) is 0 Å². The molecule has 0 fully saturated rings. The second-order valence-electron chi connectivity index (χ2n) is 1.62. The molecule has 0 bridgehead atoms. The van der Waals surface area contributed by atoms with E-state index in [9.17, 15) is 13.2 Å². The van der Waals surface area contributed by atoms with Crippen LogP contribution in [0.2, 0.25) is 0 Å². The molecule has 0 aromatic rings. The average molecular weight is 329 g/mol. The summed E-state index contributed by atoms with van der Waals surface area (Å²) in [7, 11) is 0. The first-order valence-corrected chi connectivity index (χ1v) is 4.84. The molecule has 1 atom stereocenters. The molecule has 0 saturated carbocycles. The SMILES string of the molecule is FC(F)=C(F)CC(I)CBr. The van der Waals surface area contributed by atoms with Crippen LogP contribution in [0.15, 0.2) is 11.9 Å². The van der Waals surface area contributed by atoms with Gasteiger partial charge in [0.1, 0.15) is 0 Å². The topological polar surface area (TPSA) is 0 Å². The van der Waals surface area contributed by atoms with Crippen LogP contribution in [0.1, 0.15) is 6.42 Å². The van der Waals surface area contributed by atoms with Crippen LogP contribution in [0.5, 0.6) is 0 Å². The second-order valence-corrected chi connectivity index (χ2v) is 4.03. The van der Waals surface area contributed by atoms with E-state index in [1.807, 2.05) is 22.6 Å². The van der Waals surface area contributed by atoms with Crippen LogP contribution in [0.4, 0.5) is 13.2 Å². The molecule has 0 spiro atoms. The number of rotatable bonds is 3. The average Bonchev–Trinajstić information content (AvgIpc) is 1.87. The lowest BCUT2D eigenvalue weighted by molar-refractivity contribution is 0.371. The van der Waals surface area contributed by atoms with Gasteiger partial charge in [0.25, 0.3) is 0 Å². The van der Waals surface area contributed by atoms with Crippen molar-refractivity contribution in [2.24, 2.45) is 0 Å². The monoisotopic (exact) mass is 328 g/mol. The zero-order valence-electron chi connectivity index (χ0n) is 4.88. The molecule has 0 aromatic heterocycles. The van der Waals surface area contributed by atoms with E-state index in [1.54, 1.807) is 0 Å². The van der Waals surface area contributed by atoms with E-state index < -0.39 is 11.9 Å². The summed E-state index contributed by atoms with van der Waals surface area (Å²) in [5.41, 5.74) is 0. The van der Waals surface area contributed by atoms with Gasteiger partial charge in [-0.25, -0.2) is 4.39 Å². The van der Waals surface area contributed by atoms with Crippen LogP contribution in [0.3, 0.4) is 0 Å². The zero-order valence-corrected chi connectivity index (χ0v) is 8.62. The van der Waals surface area contributed by atoms with Gasteiger partial charge < -0.3 is 0 Å². The third-order valence-corrected chi connectivity index (χ3v) is 3.65. The maximum atomic E-state index is 12.1. The van der Waals surface area contributed by atoms with Crippen molar-refractivity contribution in [1.29, 1.82) is 0 Å². The van der Waals surface area contributed by atoms with Crippen molar-refractivity contribution in [1.82, 2.24) is 0 Å². The summed E-state index contributed by atoms with van der Waals surface area (Å²) in [4.78, 5) is 0. The summed E-state index contributed by atoms with van der Waals surface area (Å²) in [5, 5.41) is 0.522. The van der Waals surface area contributed by atoms with Gasteiger partial charge in [-0.05, 0) is 0 Å². The Morgan fingerprint density at radius 2 is 1.90 bits per heavy atom. The Kier molecular flexibility index (Phi) is 5.80. The van der Waals surface area contributed by atoms with Gasteiger partial charge in [-0.2, -0.15) is 8.78 Å². The molecule has 1 unspecified atom stereocenters. The van der Waals surface area contributed by atoms with E-state index in [4.69, 9.17) is 0 Å². The Morgan fingerprint density at radius 1 is 1.40 bits per heavy atom. The zero-order chi connectivity index (χ0) is 8.15. The van der Waals surface area contributed by atoms with Gasteiger partial charge in [-0.15, -0.1) is 0 Å². The maximum absolute atomic E-state index is 12.1. The molecule has 5 heteroatoms. The molecule has 10 heavy (non-hydrogen) atoms. The molecular weight excluding hydrogens is 324 g/mol. The van der Waals surface area contributed by atoms with Crippen molar-refractivity contribution >= 4 is 38.5 Å². The largest absolute Gasteiger partial charge is 0.301 e. The number of alkyl halides is 2. The summed E-state index contributed by atoms with van der Waals surface area (Å²) in [6.45, 7) is 0. The van der Waals surface area contributed by atoms with Gasteiger partial charge in [0.05, 0.1) is 0 Å². The fourth-order valence-corrected chi connectivity index (χ4v) is 0.942. The summed E-state index contributed by atoms with van der Waals surface area (Å²) >= 11 is 4.95. The summed E-state index contributed by atoms with van der Waals surface area (Å²) in [6, 6.07) is 0. The Hall–Kier alpha value is 0.740. The summed E-state index contributed by atoms with van der Waals surface area (Å²) in [6.07, 6.45) is -2.41. The first-order chi connectivity index (χ1) is 4.57. The standard InChI is InChI=1S/C5H5BrF3I/c6-2-3(10)1-4(7)5(8)9/h3H,1-2H2. The molecule has 0 aliphatic rings. The fourth-order valence-electron chi connectivity index (χ4n) is 0.326. The lowest BCUT2D eigenvalue weighted by atomic mass is 10.3. The van der Waals surface area contributed by atoms with Crippen LogP contribution in [0.25, 0.3) is 0 Å². The molecule has 0 nitrogen and oxygen atoms in total. The van der Waals surface area contributed by atoms with Crippen molar-refractivity contribution < 1.29 is 13.2 Å². The highest BCUT2D eigenvalue weighted by atomic mass is 127. The number of hydrogen-bond donors (Lipinski definition) is 0. The molecule has 0 radical (unpaired) electrons. The smallest absolute Gasteiger partial charge is 0.206 e. The molecular formula is C5H5BrF3I. The Labute approximate surface area is 79.1 Å². The van der Waals surface area contributed by atoms with Crippen molar-refractivity contribution in [3.05, 3.63) is 11.9 Å². The lowest BCUT2D eigenvalue weighted by Gasteiger charge is -2.00. The summed E-state index contributed by atoms with van der Waals surface area (Å²) in [5.74, 6) is -1.31. The lowest BCUT2D eigenvalue weighted by Crippen LogP contribution is -1.98. The molecule has 0 aromatic carbocycles. The number of halogens is 5. The number of hydrogen-bond acceptors (Lipinski definition) is 0.